The normalized spacial score (nSPS) is 18.3. The molecule has 136 valence electrons. The van der Waals surface area contributed by atoms with Crippen LogP contribution in [0.5, 0.6) is 0 Å². The van der Waals surface area contributed by atoms with E-state index in [1.807, 2.05) is 0 Å². The maximum atomic E-state index is 11.0. The molecule has 1 atom stereocenters. The molecule has 8 nitrogen and oxygen atoms in total. The molecule has 0 radical (unpaired) electrons. The molecule has 1 rings (SSSR count). The van der Waals surface area contributed by atoms with Crippen molar-refractivity contribution in [2.75, 3.05) is 46.1 Å². The van der Waals surface area contributed by atoms with Crippen LogP contribution in [0.25, 0.3) is 0 Å². The summed E-state index contributed by atoms with van der Waals surface area (Å²) in [5.41, 5.74) is 0. The number of likely N-dealkylation sites (N-methyl/N-ethyl adjacent to an activating group) is 1. The Balaban J connectivity index is 0.000000585. The van der Waals surface area contributed by atoms with Gasteiger partial charge in [0.05, 0.1) is 26.4 Å². The topological polar surface area (TPSA) is 102 Å². The second kappa shape index (κ2) is 10.7. The minimum atomic E-state index is -4.42. The maximum absolute atomic E-state index is 11.0. The number of rotatable bonds is 7. The Labute approximate surface area is 138 Å². The van der Waals surface area contributed by atoms with Gasteiger partial charge in [-0.1, -0.05) is 6.58 Å². The van der Waals surface area contributed by atoms with Crippen LogP contribution >= 0.6 is 0 Å². The fourth-order valence-corrected chi connectivity index (χ4v) is 2.63. The Hall–Kier alpha value is -1.00. The summed E-state index contributed by atoms with van der Waals surface area (Å²) in [7, 11) is -4.42. The Morgan fingerprint density at radius 2 is 1.96 bits per heavy atom. The number of hydrogen-bond donors (Lipinski definition) is 0. The first-order valence-electron chi connectivity index (χ1n) is 7.53. The number of carbonyl (C=O) groups excluding carboxylic acids is 1. The first-order chi connectivity index (χ1) is 10.7. The van der Waals surface area contributed by atoms with Crippen molar-refractivity contribution in [3.8, 4) is 0 Å². The first-order valence-corrected chi connectivity index (χ1v) is 8.87. The Kier molecular flexibility index (Phi) is 10.2. The molecule has 23 heavy (non-hydrogen) atoms. The molecule has 1 aliphatic rings. The lowest BCUT2D eigenvalue weighted by Gasteiger charge is -2.44. The van der Waals surface area contributed by atoms with Gasteiger partial charge in [-0.25, -0.2) is 13.2 Å². The summed E-state index contributed by atoms with van der Waals surface area (Å²) >= 11 is 0. The fourth-order valence-electron chi connectivity index (χ4n) is 2.34. The van der Waals surface area contributed by atoms with Crippen molar-refractivity contribution in [1.29, 1.82) is 0 Å². The number of ether oxygens (including phenoxy) is 2. The summed E-state index contributed by atoms with van der Waals surface area (Å²) in [4.78, 5) is 11.0. The summed E-state index contributed by atoms with van der Waals surface area (Å²) in [5.74, 6) is -0.339. The van der Waals surface area contributed by atoms with Crippen molar-refractivity contribution in [3.63, 3.8) is 0 Å². The van der Waals surface area contributed by atoms with Crippen LogP contribution in [0, 0.1) is 0 Å². The number of esters is 1. The van der Waals surface area contributed by atoms with E-state index in [0.29, 0.717) is 12.6 Å². The number of morpholine rings is 1. The second-order valence-corrected chi connectivity index (χ2v) is 6.14. The Bertz CT molecular complexity index is 458. The van der Waals surface area contributed by atoms with E-state index in [-0.39, 0.29) is 12.6 Å². The number of nitrogens with zero attached hydrogens (tertiary/aromatic N) is 1. The third-order valence-electron chi connectivity index (χ3n) is 3.82. The maximum Gasteiger partial charge on any atom is 0.330 e. The zero-order valence-electron chi connectivity index (χ0n) is 14.0. The van der Waals surface area contributed by atoms with Crippen LogP contribution in [0.2, 0.25) is 0 Å². The van der Waals surface area contributed by atoms with Crippen molar-refractivity contribution >= 4 is 16.4 Å². The average Bonchev–Trinajstić information content (AvgIpc) is 2.52. The molecule has 1 fully saturated rings. The number of hydrogen-bond acceptors (Lipinski definition) is 7. The van der Waals surface area contributed by atoms with Gasteiger partial charge >= 0.3 is 5.97 Å². The van der Waals surface area contributed by atoms with Gasteiger partial charge in [-0.3, -0.25) is 4.18 Å². The van der Waals surface area contributed by atoms with Crippen molar-refractivity contribution in [1.82, 2.24) is 0 Å². The monoisotopic (exact) mass is 353 g/mol. The van der Waals surface area contributed by atoms with E-state index >= 15 is 0 Å². The van der Waals surface area contributed by atoms with Crippen molar-refractivity contribution in [3.05, 3.63) is 12.7 Å². The van der Waals surface area contributed by atoms with Crippen LogP contribution in [0.15, 0.2) is 12.7 Å². The van der Waals surface area contributed by atoms with Crippen LogP contribution in [0.3, 0.4) is 0 Å². The largest absolute Gasteiger partial charge is 0.726 e. The third kappa shape index (κ3) is 9.01. The lowest BCUT2D eigenvalue weighted by Crippen LogP contribution is -2.61. The zero-order chi connectivity index (χ0) is 17.9. The minimum Gasteiger partial charge on any atom is -0.726 e. The van der Waals surface area contributed by atoms with Gasteiger partial charge in [-0.15, -0.1) is 0 Å². The molecule has 0 saturated carbocycles. The predicted octanol–water partition coefficient (Wildman–Crippen LogP) is 0.454. The van der Waals surface area contributed by atoms with Gasteiger partial charge in [0.25, 0.3) is 0 Å². The van der Waals surface area contributed by atoms with Crippen LogP contribution in [-0.2, 0) is 28.9 Å². The van der Waals surface area contributed by atoms with E-state index in [2.05, 4.69) is 24.6 Å². The molecule has 1 saturated heterocycles. The Morgan fingerprint density at radius 1 is 1.39 bits per heavy atom. The molecule has 0 aromatic rings. The van der Waals surface area contributed by atoms with Gasteiger partial charge in [0.15, 0.2) is 0 Å². The SMILES string of the molecule is C=CC(=O)OCC(C)[N+]1(CC)CCOCC1.CCOS(=O)(=O)[O-]. The van der Waals surface area contributed by atoms with Crippen molar-refractivity contribution < 1.29 is 35.9 Å². The molecule has 0 aromatic carbocycles. The van der Waals surface area contributed by atoms with Crippen molar-refractivity contribution in [2.45, 2.75) is 26.8 Å². The molecule has 1 aliphatic heterocycles. The third-order valence-corrected chi connectivity index (χ3v) is 4.35. The van der Waals surface area contributed by atoms with E-state index in [9.17, 15) is 17.8 Å². The van der Waals surface area contributed by atoms with Gasteiger partial charge in [-0.05, 0) is 20.8 Å². The standard InChI is InChI=1S/C12H22NO3.C2H6O4S/c1-4-12(14)16-10-11(3)13(5-2)6-8-15-9-7-13;1-2-6-7(3,4)5/h4,11H,1,5-10H2,2-3H3;2H2,1H3,(H,3,4,5)/q+1;/p-1. The summed E-state index contributed by atoms with van der Waals surface area (Å²) in [6.45, 7) is 14.1. The van der Waals surface area contributed by atoms with E-state index in [0.717, 1.165) is 37.3 Å². The van der Waals surface area contributed by atoms with Crippen LogP contribution in [0.1, 0.15) is 20.8 Å². The summed E-state index contributed by atoms with van der Waals surface area (Å²) < 4.78 is 43.5. The van der Waals surface area contributed by atoms with E-state index in [1.54, 1.807) is 0 Å². The number of carbonyl (C=O) groups is 1. The molecule has 0 N–H and O–H groups in total. The molecule has 0 aliphatic carbocycles. The molecule has 0 bridgehead atoms. The predicted molar refractivity (Wildman–Crippen MR) is 83.3 cm³/mol. The van der Waals surface area contributed by atoms with E-state index in [4.69, 9.17) is 9.47 Å². The lowest BCUT2D eigenvalue weighted by molar-refractivity contribution is -0.954. The zero-order valence-corrected chi connectivity index (χ0v) is 14.8. The van der Waals surface area contributed by atoms with Gasteiger partial charge < -0.3 is 18.5 Å². The summed E-state index contributed by atoms with van der Waals surface area (Å²) in [6.07, 6.45) is 1.21. The molecule has 0 spiro atoms. The molecule has 1 heterocycles. The first kappa shape index (κ1) is 22.0. The minimum absolute atomic E-state index is 0.0914. The average molecular weight is 353 g/mol. The fraction of sp³-hybridized carbons (Fsp3) is 0.786. The summed E-state index contributed by atoms with van der Waals surface area (Å²) in [5, 5.41) is 0. The Morgan fingerprint density at radius 3 is 2.30 bits per heavy atom. The quantitative estimate of drug-likeness (QED) is 0.215. The molecular weight excluding hydrogens is 326 g/mol. The molecule has 0 amide bonds. The van der Waals surface area contributed by atoms with E-state index in [1.165, 1.54) is 13.0 Å². The number of quaternary nitrogens is 1. The molecule has 1 unspecified atom stereocenters. The van der Waals surface area contributed by atoms with Gasteiger partial charge in [0.1, 0.15) is 25.7 Å². The van der Waals surface area contributed by atoms with Crippen LogP contribution in [-0.4, -0.2) is 75.5 Å². The lowest BCUT2D eigenvalue weighted by atomic mass is 10.2. The van der Waals surface area contributed by atoms with E-state index < -0.39 is 10.4 Å². The highest BCUT2D eigenvalue weighted by Gasteiger charge is 2.34. The molecule has 0 aromatic heterocycles. The summed E-state index contributed by atoms with van der Waals surface area (Å²) in [6, 6.07) is 0.317. The van der Waals surface area contributed by atoms with Gasteiger partial charge in [-0.2, -0.15) is 0 Å². The smallest absolute Gasteiger partial charge is 0.330 e. The highest BCUT2D eigenvalue weighted by molar-refractivity contribution is 7.80. The van der Waals surface area contributed by atoms with Crippen LogP contribution in [0.4, 0.5) is 0 Å². The van der Waals surface area contributed by atoms with Gasteiger partial charge in [0.2, 0.25) is 10.4 Å². The molecule has 9 heteroatoms. The van der Waals surface area contributed by atoms with Crippen molar-refractivity contribution in [2.24, 2.45) is 0 Å². The van der Waals surface area contributed by atoms with Crippen LogP contribution < -0.4 is 0 Å². The van der Waals surface area contributed by atoms with Gasteiger partial charge in [0, 0.05) is 6.08 Å². The highest BCUT2D eigenvalue weighted by atomic mass is 32.3. The molecular formula is C14H27NO7S. The second-order valence-electron chi connectivity index (χ2n) is 5.09. The highest BCUT2D eigenvalue weighted by Crippen LogP contribution is 2.17.